The van der Waals surface area contributed by atoms with Gasteiger partial charge in [-0.3, -0.25) is 0 Å². The summed E-state index contributed by atoms with van der Waals surface area (Å²) in [6, 6.07) is 23.2. The molecule has 0 spiro atoms. The zero-order valence-corrected chi connectivity index (χ0v) is 14.2. The average Bonchev–Trinajstić information content (AvgIpc) is 2.63. The molecule has 0 aliphatic heterocycles. The molecular weight excluding hydrogens is 312 g/mol. The molecule has 0 unspecified atom stereocenters. The van der Waals surface area contributed by atoms with Crippen LogP contribution in [0.1, 0.15) is 5.56 Å². The number of rotatable bonds is 4. The molecule has 0 radical (unpaired) electrons. The molecule has 126 valence electrons. The van der Waals surface area contributed by atoms with Gasteiger partial charge in [0.1, 0.15) is 5.75 Å². The van der Waals surface area contributed by atoms with Crippen LogP contribution in [-0.2, 0) is 0 Å². The molecule has 0 aromatic heterocycles. The zero-order chi connectivity index (χ0) is 17.6. The molecule has 0 bridgehead atoms. The maximum atomic E-state index is 12.2. The third-order valence-electron chi connectivity index (χ3n) is 3.85. The van der Waals surface area contributed by atoms with Gasteiger partial charge >= 0.3 is 6.03 Å². The first kappa shape index (κ1) is 16.6. The maximum Gasteiger partial charge on any atom is 0.323 e. The van der Waals surface area contributed by atoms with E-state index in [2.05, 4.69) is 22.8 Å². The number of ether oxygens (including phenoxy) is 1. The van der Waals surface area contributed by atoms with Gasteiger partial charge in [0.25, 0.3) is 0 Å². The lowest BCUT2D eigenvalue weighted by Gasteiger charge is -2.12. The summed E-state index contributed by atoms with van der Waals surface area (Å²) < 4.78 is 5.27. The summed E-state index contributed by atoms with van der Waals surface area (Å²) in [6.07, 6.45) is 0. The van der Waals surface area contributed by atoms with E-state index in [0.29, 0.717) is 11.4 Å². The highest BCUT2D eigenvalue weighted by molar-refractivity contribution is 6.00. The number of hydrogen-bond acceptors (Lipinski definition) is 2. The predicted octanol–water partition coefficient (Wildman–Crippen LogP) is 5.31. The number of hydrogen-bond donors (Lipinski definition) is 2. The first-order valence-electron chi connectivity index (χ1n) is 8.04. The molecule has 0 heterocycles. The Balaban J connectivity index is 1.68. The number of nitrogens with one attached hydrogen (secondary N) is 2. The van der Waals surface area contributed by atoms with E-state index in [0.717, 1.165) is 22.4 Å². The second-order valence-electron chi connectivity index (χ2n) is 5.73. The van der Waals surface area contributed by atoms with Crippen LogP contribution in [0.3, 0.4) is 0 Å². The number of carbonyl (C=O) groups excluding carboxylic acids is 1. The summed E-state index contributed by atoms with van der Waals surface area (Å²) in [5.74, 6) is 0.625. The number of aryl methyl sites for hydroxylation is 1. The molecule has 0 fully saturated rings. The fourth-order valence-corrected chi connectivity index (χ4v) is 2.58. The highest BCUT2D eigenvalue weighted by Gasteiger charge is 2.08. The Morgan fingerprint density at radius 1 is 0.840 bits per heavy atom. The van der Waals surface area contributed by atoms with E-state index in [-0.39, 0.29) is 6.03 Å². The van der Waals surface area contributed by atoms with E-state index in [1.54, 1.807) is 7.11 Å². The van der Waals surface area contributed by atoms with Crippen LogP contribution < -0.4 is 15.4 Å². The van der Waals surface area contributed by atoms with Crippen LogP contribution in [0.15, 0.2) is 72.8 Å². The topological polar surface area (TPSA) is 50.4 Å². The molecule has 4 nitrogen and oxygen atoms in total. The third-order valence-corrected chi connectivity index (χ3v) is 3.85. The van der Waals surface area contributed by atoms with Crippen molar-refractivity contribution in [1.82, 2.24) is 0 Å². The van der Waals surface area contributed by atoms with E-state index >= 15 is 0 Å². The molecule has 25 heavy (non-hydrogen) atoms. The predicted molar refractivity (Wildman–Crippen MR) is 102 cm³/mol. The molecule has 0 atom stereocenters. The first-order chi connectivity index (χ1) is 12.2. The van der Waals surface area contributed by atoms with Crippen molar-refractivity contribution in [2.24, 2.45) is 0 Å². The third kappa shape index (κ3) is 4.18. The van der Waals surface area contributed by atoms with Gasteiger partial charge in [0.05, 0.1) is 12.8 Å². The van der Waals surface area contributed by atoms with Gasteiger partial charge in [-0.15, -0.1) is 0 Å². The molecule has 0 saturated carbocycles. The van der Waals surface area contributed by atoms with Crippen molar-refractivity contribution in [3.8, 4) is 16.9 Å². The van der Waals surface area contributed by atoms with Crippen molar-refractivity contribution in [3.05, 3.63) is 78.4 Å². The van der Waals surface area contributed by atoms with Crippen LogP contribution in [0.4, 0.5) is 16.2 Å². The maximum absolute atomic E-state index is 12.2. The van der Waals surface area contributed by atoms with E-state index < -0.39 is 0 Å². The van der Waals surface area contributed by atoms with Crippen LogP contribution in [0, 0.1) is 6.92 Å². The van der Waals surface area contributed by atoms with Gasteiger partial charge < -0.3 is 15.4 Å². The Morgan fingerprint density at radius 2 is 1.52 bits per heavy atom. The van der Waals surface area contributed by atoms with Gasteiger partial charge in [0.15, 0.2) is 0 Å². The Bertz CT molecular complexity index is 859. The molecule has 2 N–H and O–H groups in total. The lowest BCUT2D eigenvalue weighted by atomic mass is 10.1. The largest absolute Gasteiger partial charge is 0.495 e. The Kier molecular flexibility index (Phi) is 5.00. The van der Waals surface area contributed by atoms with Gasteiger partial charge in [0.2, 0.25) is 0 Å². The summed E-state index contributed by atoms with van der Waals surface area (Å²) in [5, 5.41) is 5.66. The molecule has 2 amide bonds. The molecule has 0 aliphatic carbocycles. The average molecular weight is 332 g/mol. The Labute approximate surface area is 147 Å². The minimum Gasteiger partial charge on any atom is -0.495 e. The second-order valence-corrected chi connectivity index (χ2v) is 5.73. The van der Waals surface area contributed by atoms with Crippen molar-refractivity contribution in [2.45, 2.75) is 6.92 Å². The highest BCUT2D eigenvalue weighted by atomic mass is 16.5. The SMILES string of the molecule is COc1ccc(C)cc1NC(=O)Nc1ccc(-c2ccccc2)cc1. The zero-order valence-electron chi connectivity index (χ0n) is 14.2. The van der Waals surface area contributed by atoms with Crippen molar-refractivity contribution < 1.29 is 9.53 Å². The van der Waals surface area contributed by atoms with Gasteiger partial charge in [-0.05, 0) is 47.9 Å². The summed E-state index contributed by atoms with van der Waals surface area (Å²) in [7, 11) is 1.58. The van der Waals surface area contributed by atoms with Crippen LogP contribution in [0.5, 0.6) is 5.75 Å². The second kappa shape index (κ2) is 7.53. The molecule has 3 aromatic carbocycles. The summed E-state index contributed by atoms with van der Waals surface area (Å²) in [6.45, 7) is 1.96. The number of anilines is 2. The van der Waals surface area contributed by atoms with Crippen molar-refractivity contribution in [2.75, 3.05) is 17.7 Å². The fourth-order valence-electron chi connectivity index (χ4n) is 2.58. The summed E-state index contributed by atoms with van der Waals surface area (Å²) in [5.41, 5.74) is 4.66. The highest BCUT2D eigenvalue weighted by Crippen LogP contribution is 2.26. The Hall–Kier alpha value is -3.27. The molecular formula is C21H20N2O2. The summed E-state index contributed by atoms with van der Waals surface area (Å²) >= 11 is 0. The number of urea groups is 1. The number of amides is 2. The number of methoxy groups -OCH3 is 1. The first-order valence-corrected chi connectivity index (χ1v) is 8.04. The van der Waals surface area contributed by atoms with E-state index in [9.17, 15) is 4.79 Å². The summed E-state index contributed by atoms with van der Waals surface area (Å²) in [4.78, 5) is 12.2. The molecule has 3 aromatic rings. The van der Waals surface area contributed by atoms with E-state index in [4.69, 9.17) is 4.74 Å². The smallest absolute Gasteiger partial charge is 0.323 e. The number of benzene rings is 3. The van der Waals surface area contributed by atoms with Gasteiger partial charge in [-0.2, -0.15) is 0 Å². The van der Waals surface area contributed by atoms with Crippen LogP contribution in [0.2, 0.25) is 0 Å². The van der Waals surface area contributed by atoms with Gasteiger partial charge in [-0.25, -0.2) is 4.79 Å². The molecule has 3 rings (SSSR count). The van der Waals surface area contributed by atoms with Crippen molar-refractivity contribution >= 4 is 17.4 Å². The minimum absolute atomic E-state index is 0.309. The van der Waals surface area contributed by atoms with Crippen molar-refractivity contribution in [1.29, 1.82) is 0 Å². The fraction of sp³-hybridized carbons (Fsp3) is 0.0952. The van der Waals surface area contributed by atoms with E-state index in [1.165, 1.54) is 0 Å². The Morgan fingerprint density at radius 3 is 2.20 bits per heavy atom. The minimum atomic E-state index is -0.309. The van der Waals surface area contributed by atoms with Crippen LogP contribution in [-0.4, -0.2) is 13.1 Å². The lowest BCUT2D eigenvalue weighted by molar-refractivity contribution is 0.262. The quantitative estimate of drug-likeness (QED) is 0.680. The standard InChI is InChI=1S/C21H20N2O2/c1-15-8-13-20(25-2)19(14-15)23-21(24)22-18-11-9-17(10-12-18)16-6-4-3-5-7-16/h3-14H,1-2H3,(H2,22,23,24). The lowest BCUT2D eigenvalue weighted by Crippen LogP contribution is -2.19. The van der Waals surface area contributed by atoms with Gasteiger partial charge in [-0.1, -0.05) is 48.5 Å². The molecule has 0 saturated heterocycles. The molecule has 4 heteroatoms. The van der Waals surface area contributed by atoms with Gasteiger partial charge in [0, 0.05) is 5.69 Å². The normalized spacial score (nSPS) is 10.2. The van der Waals surface area contributed by atoms with Crippen LogP contribution in [0.25, 0.3) is 11.1 Å². The number of carbonyl (C=O) groups is 1. The monoisotopic (exact) mass is 332 g/mol. The van der Waals surface area contributed by atoms with Crippen LogP contribution >= 0.6 is 0 Å². The van der Waals surface area contributed by atoms with E-state index in [1.807, 2.05) is 67.6 Å². The molecule has 0 aliphatic rings. The van der Waals surface area contributed by atoms with Crippen molar-refractivity contribution in [3.63, 3.8) is 0 Å².